The fourth-order valence-electron chi connectivity index (χ4n) is 7.35. The summed E-state index contributed by atoms with van der Waals surface area (Å²) >= 11 is 0. The summed E-state index contributed by atoms with van der Waals surface area (Å²) in [6, 6.07) is -1.49. The summed E-state index contributed by atoms with van der Waals surface area (Å²) in [7, 11) is 1.73. The molecule has 2 fully saturated rings. The number of fused-ring (bicyclic) bond motifs is 2. The Kier molecular flexibility index (Phi) is 7.17. The lowest BCUT2D eigenvalue weighted by Crippen LogP contribution is -2.61. The van der Waals surface area contributed by atoms with Crippen molar-refractivity contribution in [2.75, 3.05) is 26.7 Å². The van der Waals surface area contributed by atoms with E-state index in [9.17, 15) is 19.5 Å². The van der Waals surface area contributed by atoms with Crippen molar-refractivity contribution in [3.05, 3.63) is 24.3 Å². The second-order valence-corrected chi connectivity index (χ2v) is 13.6. The summed E-state index contributed by atoms with van der Waals surface area (Å²) < 4.78 is 6.68. The van der Waals surface area contributed by atoms with E-state index in [1.807, 2.05) is 43.1 Å². The molecule has 0 aliphatic carbocycles. The summed E-state index contributed by atoms with van der Waals surface area (Å²) in [6.07, 6.45) is 8.32. The Labute approximate surface area is 221 Å². The van der Waals surface area contributed by atoms with E-state index in [4.69, 9.17) is 4.74 Å². The molecule has 37 heavy (non-hydrogen) atoms. The van der Waals surface area contributed by atoms with Gasteiger partial charge in [0.25, 0.3) is 0 Å². The third kappa shape index (κ3) is 4.65. The van der Waals surface area contributed by atoms with Crippen LogP contribution in [0.3, 0.4) is 0 Å². The average molecular weight is 516 g/mol. The first-order valence-corrected chi connectivity index (χ1v) is 13.7. The molecule has 0 bridgehead atoms. The summed E-state index contributed by atoms with van der Waals surface area (Å²) in [5.41, 5.74) is -1.77. The molecular weight excluding hydrogens is 470 g/mol. The highest BCUT2D eigenvalue weighted by Gasteiger charge is 2.72. The lowest BCUT2D eigenvalue weighted by atomic mass is 9.77. The number of aliphatic hydroxyl groups excluding tert-OH is 1. The molecule has 0 aromatic rings. The minimum atomic E-state index is -1.27. The van der Waals surface area contributed by atoms with Gasteiger partial charge in [0.15, 0.2) is 0 Å². The van der Waals surface area contributed by atoms with Gasteiger partial charge < -0.3 is 24.5 Å². The van der Waals surface area contributed by atoms with Gasteiger partial charge in [-0.05, 0) is 38.0 Å². The van der Waals surface area contributed by atoms with Crippen molar-refractivity contribution < 1.29 is 24.2 Å². The van der Waals surface area contributed by atoms with Crippen molar-refractivity contribution in [2.45, 2.75) is 90.6 Å². The van der Waals surface area contributed by atoms with E-state index in [-0.39, 0.29) is 35.7 Å². The Bertz CT molecular complexity index is 996. The van der Waals surface area contributed by atoms with Crippen LogP contribution in [-0.2, 0) is 19.1 Å². The molecule has 8 heteroatoms. The van der Waals surface area contributed by atoms with Crippen LogP contribution in [0, 0.1) is 23.2 Å². The van der Waals surface area contributed by atoms with Crippen molar-refractivity contribution in [3.63, 3.8) is 0 Å². The first-order valence-electron chi connectivity index (χ1n) is 13.7. The van der Waals surface area contributed by atoms with Gasteiger partial charge in [-0.15, -0.1) is 0 Å². The zero-order valence-electron chi connectivity index (χ0n) is 23.7. The molecule has 8 nitrogen and oxygen atoms in total. The minimum absolute atomic E-state index is 0.0185. The Morgan fingerprint density at radius 3 is 2.32 bits per heavy atom. The predicted octanol–water partition coefficient (Wildman–Crippen LogP) is 2.62. The topological polar surface area (TPSA) is 90.4 Å². The van der Waals surface area contributed by atoms with Crippen molar-refractivity contribution in [3.8, 4) is 0 Å². The number of rotatable bonds is 6. The second kappa shape index (κ2) is 9.53. The normalized spacial score (nSPS) is 33.0. The lowest BCUT2D eigenvalue weighted by molar-refractivity contribution is -0.155. The Balaban J connectivity index is 1.86. The molecule has 0 radical (unpaired) electrons. The van der Waals surface area contributed by atoms with Gasteiger partial charge in [-0.1, -0.05) is 58.9 Å². The first kappa shape index (κ1) is 27.8. The number of hydrogen-bond donors (Lipinski definition) is 1. The maximum atomic E-state index is 14.6. The van der Waals surface area contributed by atoms with Crippen LogP contribution in [-0.4, -0.2) is 93.6 Å². The van der Waals surface area contributed by atoms with Gasteiger partial charge >= 0.3 is 0 Å². The Morgan fingerprint density at radius 2 is 1.73 bits per heavy atom. The standard InChI is InChI=1S/C29H45N3O5/c1-18(2)15-19(16-33)32-23-26(36)31(28(6,7)17-27(3,4)5)14-10-12-29(23)22(25(32)35)21-20(37-29)11-9-13-30(8)24(21)34/h9-12,18-23,33H,13-17H2,1-8H3/t19-,20+,21-,22+,23?,29+/m1/s1. The third-order valence-corrected chi connectivity index (χ3v) is 8.34. The van der Waals surface area contributed by atoms with Crippen LogP contribution in [0.5, 0.6) is 0 Å². The highest BCUT2D eigenvalue weighted by atomic mass is 16.5. The van der Waals surface area contributed by atoms with Crippen LogP contribution >= 0.6 is 0 Å². The molecular formula is C29H45N3O5. The fourth-order valence-corrected chi connectivity index (χ4v) is 7.35. The van der Waals surface area contributed by atoms with Gasteiger partial charge in [0.2, 0.25) is 17.7 Å². The average Bonchev–Trinajstić information content (AvgIpc) is 3.09. The quantitative estimate of drug-likeness (QED) is 0.550. The SMILES string of the molecule is CC(C)C[C@H](CO)N1C(=O)[C@@H]2[C@@H]3C(=O)N(C)CC=C[C@@H]3O[C@@]23C=CCN(C(C)(C)CC(C)(C)C)C(=O)C13. The highest BCUT2D eigenvalue weighted by molar-refractivity contribution is 6.00. The van der Waals surface area contributed by atoms with Gasteiger partial charge in [-0.3, -0.25) is 14.4 Å². The highest BCUT2D eigenvalue weighted by Crippen LogP contribution is 2.54. The molecule has 2 saturated heterocycles. The number of carbonyl (C=O) groups excluding carboxylic acids is 3. The molecule has 1 unspecified atom stereocenters. The van der Waals surface area contributed by atoms with Gasteiger partial charge in [-0.2, -0.15) is 0 Å². The monoisotopic (exact) mass is 515 g/mol. The van der Waals surface area contributed by atoms with Crippen LogP contribution in [0.25, 0.3) is 0 Å². The molecule has 0 aromatic carbocycles. The number of carbonyl (C=O) groups is 3. The van der Waals surface area contributed by atoms with E-state index >= 15 is 0 Å². The van der Waals surface area contributed by atoms with Crippen molar-refractivity contribution in [1.29, 1.82) is 0 Å². The molecule has 3 amide bonds. The smallest absolute Gasteiger partial charge is 0.249 e. The molecule has 4 aliphatic heterocycles. The van der Waals surface area contributed by atoms with Gasteiger partial charge in [0.1, 0.15) is 11.6 Å². The third-order valence-electron chi connectivity index (χ3n) is 8.34. The second-order valence-electron chi connectivity index (χ2n) is 13.6. The van der Waals surface area contributed by atoms with Crippen LogP contribution < -0.4 is 0 Å². The molecule has 1 spiro atoms. The van der Waals surface area contributed by atoms with Gasteiger partial charge in [0, 0.05) is 25.7 Å². The molecule has 1 N–H and O–H groups in total. The van der Waals surface area contributed by atoms with Crippen LogP contribution in [0.1, 0.15) is 61.3 Å². The summed E-state index contributed by atoms with van der Waals surface area (Å²) in [6.45, 7) is 15.3. The summed E-state index contributed by atoms with van der Waals surface area (Å²) in [4.78, 5) is 47.5. The van der Waals surface area contributed by atoms with Crippen LogP contribution in [0.4, 0.5) is 0 Å². The molecule has 0 saturated carbocycles. The Hall–Kier alpha value is -2.19. The number of aliphatic hydroxyl groups is 1. The molecule has 206 valence electrons. The summed E-state index contributed by atoms with van der Waals surface area (Å²) in [5, 5.41) is 10.4. The number of hydrogen-bond acceptors (Lipinski definition) is 5. The molecule has 4 heterocycles. The summed E-state index contributed by atoms with van der Waals surface area (Å²) in [5.74, 6) is -1.94. The molecule has 0 aromatic heterocycles. The van der Waals surface area contributed by atoms with Gasteiger partial charge in [0.05, 0.1) is 30.6 Å². The van der Waals surface area contributed by atoms with E-state index < -0.39 is 41.2 Å². The Morgan fingerprint density at radius 1 is 1.05 bits per heavy atom. The van der Waals surface area contributed by atoms with E-state index in [0.717, 1.165) is 6.42 Å². The van der Waals surface area contributed by atoms with Crippen molar-refractivity contribution in [1.82, 2.24) is 14.7 Å². The van der Waals surface area contributed by atoms with Gasteiger partial charge in [-0.25, -0.2) is 0 Å². The molecule has 4 rings (SSSR count). The molecule has 4 aliphatic rings. The number of nitrogens with zero attached hydrogens (tertiary/aromatic N) is 3. The van der Waals surface area contributed by atoms with E-state index in [1.165, 1.54) is 0 Å². The zero-order valence-corrected chi connectivity index (χ0v) is 23.7. The first-order chi connectivity index (χ1) is 17.1. The largest absolute Gasteiger partial charge is 0.394 e. The van der Waals surface area contributed by atoms with Crippen molar-refractivity contribution in [2.24, 2.45) is 23.2 Å². The van der Waals surface area contributed by atoms with E-state index in [0.29, 0.717) is 19.5 Å². The minimum Gasteiger partial charge on any atom is -0.394 e. The maximum absolute atomic E-state index is 14.6. The number of likely N-dealkylation sites (tertiary alicyclic amines) is 1. The van der Waals surface area contributed by atoms with Crippen LogP contribution in [0.2, 0.25) is 0 Å². The predicted molar refractivity (Wildman–Crippen MR) is 141 cm³/mol. The number of likely N-dealkylation sites (N-methyl/N-ethyl adjacent to an activating group) is 1. The number of ether oxygens (including phenoxy) is 1. The van der Waals surface area contributed by atoms with E-state index in [2.05, 4.69) is 34.6 Å². The zero-order chi connectivity index (χ0) is 27.5. The van der Waals surface area contributed by atoms with Crippen LogP contribution in [0.15, 0.2) is 24.3 Å². The fraction of sp³-hybridized carbons (Fsp3) is 0.759. The molecule has 6 atom stereocenters. The number of amides is 3. The van der Waals surface area contributed by atoms with Crippen molar-refractivity contribution >= 4 is 17.7 Å². The maximum Gasteiger partial charge on any atom is 0.249 e. The lowest BCUT2D eigenvalue weighted by Gasteiger charge is -2.45. The van der Waals surface area contributed by atoms with E-state index in [1.54, 1.807) is 16.8 Å².